The molecule has 3 rings (SSSR count). The maximum Gasteiger partial charge on any atom is 0.354 e. The normalized spacial score (nSPS) is 10.9. The Kier molecular flexibility index (Phi) is 3.77. The first kappa shape index (κ1) is 13.5. The Morgan fingerprint density at radius 1 is 1.24 bits per heavy atom. The van der Waals surface area contributed by atoms with Gasteiger partial charge in [-0.3, -0.25) is 0 Å². The maximum absolute atomic E-state index is 11.7. The Hall–Kier alpha value is -2.49. The fourth-order valence-corrected chi connectivity index (χ4v) is 2.39. The molecule has 0 saturated carbocycles. The molecule has 0 atom stereocenters. The highest BCUT2D eigenvalue weighted by molar-refractivity contribution is 5.93. The van der Waals surface area contributed by atoms with Crippen LogP contribution in [0.4, 0.5) is 0 Å². The first-order valence-electron chi connectivity index (χ1n) is 7.08. The van der Waals surface area contributed by atoms with Crippen LogP contribution in [0.5, 0.6) is 0 Å². The van der Waals surface area contributed by atoms with Crippen LogP contribution in [0.1, 0.15) is 28.5 Å². The molecule has 4 heteroatoms. The molecule has 0 fully saturated rings. The van der Waals surface area contributed by atoms with Gasteiger partial charge in [-0.2, -0.15) is 0 Å². The Labute approximate surface area is 122 Å². The van der Waals surface area contributed by atoms with Crippen molar-refractivity contribution in [3.63, 3.8) is 0 Å². The molecule has 2 aromatic heterocycles. The Balaban J connectivity index is 1.78. The number of carbonyl (C=O) groups excluding carboxylic acids is 1. The van der Waals surface area contributed by atoms with E-state index in [1.54, 1.807) is 19.3 Å². The SMILES string of the molecule is CCOC(=O)c1cc2occ(CCc3ccccc3)c2[nH]1. The smallest absolute Gasteiger partial charge is 0.354 e. The van der Waals surface area contributed by atoms with Gasteiger partial charge in [0.25, 0.3) is 0 Å². The minimum Gasteiger partial charge on any atom is -0.462 e. The van der Waals surface area contributed by atoms with Gasteiger partial charge in [0.2, 0.25) is 0 Å². The predicted octanol–water partition coefficient (Wildman–Crippen LogP) is 3.72. The van der Waals surface area contributed by atoms with Crippen molar-refractivity contribution in [2.75, 3.05) is 6.61 Å². The van der Waals surface area contributed by atoms with Crippen molar-refractivity contribution in [1.82, 2.24) is 4.98 Å². The van der Waals surface area contributed by atoms with Crippen molar-refractivity contribution in [3.8, 4) is 0 Å². The van der Waals surface area contributed by atoms with Gasteiger partial charge in [-0.15, -0.1) is 0 Å². The summed E-state index contributed by atoms with van der Waals surface area (Å²) in [6, 6.07) is 12.0. The summed E-state index contributed by atoms with van der Waals surface area (Å²) in [5, 5.41) is 0. The molecule has 0 bridgehead atoms. The fraction of sp³-hybridized carbons (Fsp3) is 0.235. The molecular weight excluding hydrogens is 266 g/mol. The van der Waals surface area contributed by atoms with Crippen LogP contribution in [-0.2, 0) is 17.6 Å². The van der Waals surface area contributed by atoms with Crippen molar-refractivity contribution < 1.29 is 13.9 Å². The number of benzene rings is 1. The highest BCUT2D eigenvalue weighted by atomic mass is 16.5. The molecule has 0 saturated heterocycles. The lowest BCUT2D eigenvalue weighted by atomic mass is 10.1. The van der Waals surface area contributed by atoms with E-state index < -0.39 is 0 Å². The van der Waals surface area contributed by atoms with Gasteiger partial charge in [0, 0.05) is 11.6 Å². The second kappa shape index (κ2) is 5.87. The molecule has 2 heterocycles. The molecule has 1 N–H and O–H groups in total. The summed E-state index contributed by atoms with van der Waals surface area (Å²) in [4.78, 5) is 14.8. The molecule has 0 amide bonds. The lowest BCUT2D eigenvalue weighted by Crippen LogP contribution is -2.04. The number of aromatic amines is 1. The number of esters is 1. The van der Waals surface area contributed by atoms with E-state index in [1.165, 1.54) is 5.56 Å². The number of ether oxygens (including phenoxy) is 1. The third kappa shape index (κ3) is 2.84. The molecule has 21 heavy (non-hydrogen) atoms. The summed E-state index contributed by atoms with van der Waals surface area (Å²) in [5.41, 5.74) is 4.37. The van der Waals surface area contributed by atoms with E-state index in [4.69, 9.17) is 9.15 Å². The molecule has 108 valence electrons. The number of rotatable bonds is 5. The van der Waals surface area contributed by atoms with Crippen LogP contribution >= 0.6 is 0 Å². The first-order valence-corrected chi connectivity index (χ1v) is 7.08. The van der Waals surface area contributed by atoms with Gasteiger partial charge in [-0.05, 0) is 25.3 Å². The standard InChI is InChI=1S/C17H17NO3/c1-2-20-17(19)14-10-15-16(18-14)13(11-21-15)9-8-12-6-4-3-5-7-12/h3-7,10-11,18H,2,8-9H2,1H3. The van der Waals surface area contributed by atoms with E-state index in [0.29, 0.717) is 17.9 Å². The molecule has 0 aliphatic heterocycles. The molecule has 3 aromatic rings. The van der Waals surface area contributed by atoms with E-state index in [-0.39, 0.29) is 5.97 Å². The van der Waals surface area contributed by atoms with Crippen molar-refractivity contribution in [3.05, 3.63) is 59.5 Å². The van der Waals surface area contributed by atoms with Gasteiger partial charge in [-0.25, -0.2) is 4.79 Å². The minimum atomic E-state index is -0.349. The number of hydrogen-bond acceptors (Lipinski definition) is 3. The third-order valence-electron chi connectivity index (χ3n) is 3.45. The molecule has 0 aliphatic rings. The molecule has 0 spiro atoms. The van der Waals surface area contributed by atoms with Gasteiger partial charge in [0.15, 0.2) is 5.58 Å². The van der Waals surface area contributed by atoms with E-state index in [0.717, 1.165) is 23.9 Å². The number of hydrogen-bond donors (Lipinski definition) is 1. The van der Waals surface area contributed by atoms with Crippen molar-refractivity contribution in [1.29, 1.82) is 0 Å². The van der Waals surface area contributed by atoms with Crippen LogP contribution in [-0.4, -0.2) is 17.6 Å². The van der Waals surface area contributed by atoms with Gasteiger partial charge in [0.1, 0.15) is 5.69 Å². The van der Waals surface area contributed by atoms with Crippen molar-refractivity contribution in [2.24, 2.45) is 0 Å². The average molecular weight is 283 g/mol. The zero-order chi connectivity index (χ0) is 14.7. The lowest BCUT2D eigenvalue weighted by molar-refractivity contribution is 0.0520. The third-order valence-corrected chi connectivity index (χ3v) is 3.45. The number of fused-ring (bicyclic) bond motifs is 1. The summed E-state index contributed by atoms with van der Waals surface area (Å²) in [6.45, 7) is 2.15. The highest BCUT2D eigenvalue weighted by Gasteiger charge is 2.15. The molecule has 4 nitrogen and oxygen atoms in total. The van der Waals surface area contributed by atoms with Gasteiger partial charge in [0.05, 0.1) is 18.4 Å². The van der Waals surface area contributed by atoms with Gasteiger partial charge < -0.3 is 14.1 Å². The van der Waals surface area contributed by atoms with Crippen LogP contribution in [0, 0.1) is 0 Å². The van der Waals surface area contributed by atoms with Gasteiger partial charge >= 0.3 is 5.97 Å². The summed E-state index contributed by atoms with van der Waals surface area (Å²) < 4.78 is 10.5. The van der Waals surface area contributed by atoms with E-state index in [2.05, 4.69) is 17.1 Å². The Morgan fingerprint density at radius 2 is 2.05 bits per heavy atom. The second-order valence-electron chi connectivity index (χ2n) is 4.89. The maximum atomic E-state index is 11.7. The molecule has 0 aliphatic carbocycles. The van der Waals surface area contributed by atoms with Crippen molar-refractivity contribution >= 4 is 17.1 Å². The van der Waals surface area contributed by atoms with Crippen LogP contribution < -0.4 is 0 Å². The minimum absolute atomic E-state index is 0.349. The Bertz CT molecular complexity index is 740. The number of nitrogens with one attached hydrogen (secondary N) is 1. The highest BCUT2D eigenvalue weighted by Crippen LogP contribution is 2.23. The van der Waals surface area contributed by atoms with Crippen LogP contribution in [0.25, 0.3) is 11.1 Å². The number of aromatic nitrogens is 1. The monoisotopic (exact) mass is 283 g/mol. The summed E-state index contributed by atoms with van der Waals surface area (Å²) in [6.07, 6.45) is 3.54. The summed E-state index contributed by atoms with van der Waals surface area (Å²) >= 11 is 0. The molecule has 0 radical (unpaired) electrons. The van der Waals surface area contributed by atoms with E-state index in [1.807, 2.05) is 18.2 Å². The predicted molar refractivity (Wildman–Crippen MR) is 80.4 cm³/mol. The number of H-pyrrole nitrogens is 1. The first-order chi connectivity index (χ1) is 10.3. The summed E-state index contributed by atoms with van der Waals surface area (Å²) in [5.74, 6) is -0.349. The number of furan rings is 1. The zero-order valence-corrected chi connectivity index (χ0v) is 11.9. The lowest BCUT2D eigenvalue weighted by Gasteiger charge is -2.00. The summed E-state index contributed by atoms with van der Waals surface area (Å²) in [7, 11) is 0. The molecule has 1 aromatic carbocycles. The topological polar surface area (TPSA) is 55.2 Å². The zero-order valence-electron chi connectivity index (χ0n) is 11.9. The van der Waals surface area contributed by atoms with Crippen LogP contribution in [0.2, 0.25) is 0 Å². The fourth-order valence-electron chi connectivity index (χ4n) is 2.39. The quantitative estimate of drug-likeness (QED) is 0.726. The van der Waals surface area contributed by atoms with Crippen LogP contribution in [0.15, 0.2) is 47.1 Å². The van der Waals surface area contributed by atoms with Crippen LogP contribution in [0.3, 0.4) is 0 Å². The number of carbonyl (C=O) groups is 1. The average Bonchev–Trinajstić information content (AvgIpc) is 3.07. The second-order valence-corrected chi connectivity index (χ2v) is 4.89. The van der Waals surface area contributed by atoms with Crippen molar-refractivity contribution in [2.45, 2.75) is 19.8 Å². The van der Waals surface area contributed by atoms with E-state index >= 15 is 0 Å². The number of aryl methyl sites for hydroxylation is 2. The van der Waals surface area contributed by atoms with E-state index in [9.17, 15) is 4.79 Å². The Morgan fingerprint density at radius 3 is 2.81 bits per heavy atom. The largest absolute Gasteiger partial charge is 0.462 e. The molecule has 0 unspecified atom stereocenters. The van der Waals surface area contributed by atoms with Gasteiger partial charge in [-0.1, -0.05) is 30.3 Å². The molecular formula is C17H17NO3.